The molecule has 0 radical (unpaired) electrons. The highest BCUT2D eigenvalue weighted by molar-refractivity contribution is 5.81. The van der Waals surface area contributed by atoms with Gasteiger partial charge in [-0.3, -0.25) is 9.79 Å². The van der Waals surface area contributed by atoms with E-state index in [1.807, 2.05) is 41.2 Å². The van der Waals surface area contributed by atoms with Gasteiger partial charge in [-0.25, -0.2) is 4.68 Å². The summed E-state index contributed by atoms with van der Waals surface area (Å²) in [6.45, 7) is 5.21. The summed E-state index contributed by atoms with van der Waals surface area (Å²) in [7, 11) is 0. The predicted molar refractivity (Wildman–Crippen MR) is 128 cm³/mol. The molecular weight excluding hydrogens is 400 g/mol. The Morgan fingerprint density at radius 3 is 2.75 bits per heavy atom. The molecule has 1 atom stereocenters. The number of nitrogens with zero attached hydrogens (tertiary/aromatic N) is 4. The average molecular weight is 437 g/mol. The number of nitrogens with one attached hydrogen (secondary N) is 2. The van der Waals surface area contributed by atoms with Crippen LogP contribution in [0.3, 0.4) is 0 Å². The monoisotopic (exact) mass is 436 g/mol. The fourth-order valence-corrected chi connectivity index (χ4v) is 4.71. The molecule has 1 amide bonds. The molecule has 1 aromatic carbocycles. The fraction of sp³-hybridized carbons (Fsp3) is 0.560. The zero-order chi connectivity index (χ0) is 22.2. The standard InChI is InChI=1S/C25H36N6O/c1-2-26-25(27-15-13-20-17-28-31(18-20)23-11-7-4-8-12-23)29-22-14-16-30(19-22)24(32)21-9-5-3-6-10-21/h4,7-8,11-12,17-18,21-22H,2-3,5-6,9-10,13-16,19H2,1H3,(H2,26,27,29). The van der Waals surface area contributed by atoms with E-state index < -0.39 is 0 Å². The van der Waals surface area contributed by atoms with Gasteiger partial charge in [-0.2, -0.15) is 5.10 Å². The molecule has 1 aromatic heterocycles. The Bertz CT molecular complexity index is 887. The van der Waals surface area contributed by atoms with Crippen molar-refractivity contribution in [2.24, 2.45) is 10.9 Å². The van der Waals surface area contributed by atoms with Gasteiger partial charge in [-0.1, -0.05) is 37.5 Å². The fourth-order valence-electron chi connectivity index (χ4n) is 4.71. The SMILES string of the molecule is CCNC(=NCCc1cnn(-c2ccccc2)c1)NC1CCN(C(=O)C2CCCCC2)C1. The molecule has 32 heavy (non-hydrogen) atoms. The van der Waals surface area contributed by atoms with E-state index in [4.69, 9.17) is 4.99 Å². The number of guanidine groups is 1. The lowest BCUT2D eigenvalue weighted by atomic mass is 9.88. The van der Waals surface area contributed by atoms with Gasteiger partial charge < -0.3 is 15.5 Å². The van der Waals surface area contributed by atoms with Gasteiger partial charge in [0.15, 0.2) is 5.96 Å². The van der Waals surface area contributed by atoms with Crippen LogP contribution in [0.4, 0.5) is 0 Å². The van der Waals surface area contributed by atoms with Crippen LogP contribution >= 0.6 is 0 Å². The van der Waals surface area contributed by atoms with Crippen molar-refractivity contribution in [1.29, 1.82) is 0 Å². The molecule has 1 saturated carbocycles. The Labute approximate surface area is 191 Å². The quantitative estimate of drug-likeness (QED) is 0.517. The molecule has 7 heteroatoms. The number of hydrogen-bond donors (Lipinski definition) is 2. The first-order valence-corrected chi connectivity index (χ1v) is 12.2. The van der Waals surface area contributed by atoms with Crippen LogP contribution in [-0.2, 0) is 11.2 Å². The Morgan fingerprint density at radius 1 is 1.16 bits per heavy atom. The predicted octanol–water partition coefficient (Wildman–Crippen LogP) is 3.15. The highest BCUT2D eigenvalue weighted by Gasteiger charge is 2.31. The Hall–Kier alpha value is -2.83. The molecule has 1 aliphatic carbocycles. The number of carbonyl (C=O) groups excluding carboxylic acids is 1. The lowest BCUT2D eigenvalue weighted by molar-refractivity contribution is -0.135. The minimum atomic E-state index is 0.251. The third-order valence-electron chi connectivity index (χ3n) is 6.47. The lowest BCUT2D eigenvalue weighted by Crippen LogP contribution is -2.45. The molecule has 2 fully saturated rings. The summed E-state index contributed by atoms with van der Waals surface area (Å²) in [6, 6.07) is 10.4. The van der Waals surface area contributed by atoms with Crippen LogP contribution in [0.1, 0.15) is 51.0 Å². The number of amides is 1. The molecule has 1 aliphatic heterocycles. The number of aliphatic imine (C=N–C) groups is 1. The third-order valence-corrected chi connectivity index (χ3v) is 6.47. The molecule has 2 aromatic rings. The second-order valence-corrected chi connectivity index (χ2v) is 8.89. The molecule has 1 saturated heterocycles. The zero-order valence-electron chi connectivity index (χ0n) is 19.2. The molecule has 0 spiro atoms. The molecular formula is C25H36N6O. The first-order chi connectivity index (χ1) is 15.7. The number of carbonyl (C=O) groups is 1. The second-order valence-electron chi connectivity index (χ2n) is 8.89. The number of aromatic nitrogens is 2. The number of para-hydroxylation sites is 1. The summed E-state index contributed by atoms with van der Waals surface area (Å²) >= 11 is 0. The molecule has 1 unspecified atom stereocenters. The van der Waals surface area contributed by atoms with E-state index in [9.17, 15) is 4.79 Å². The van der Waals surface area contributed by atoms with Gasteiger partial charge >= 0.3 is 0 Å². The van der Waals surface area contributed by atoms with Crippen molar-refractivity contribution < 1.29 is 4.79 Å². The number of rotatable bonds is 7. The van der Waals surface area contributed by atoms with Crippen molar-refractivity contribution in [2.45, 2.75) is 57.9 Å². The summed E-state index contributed by atoms with van der Waals surface area (Å²) in [4.78, 5) is 19.7. The highest BCUT2D eigenvalue weighted by Crippen LogP contribution is 2.26. The topological polar surface area (TPSA) is 74.6 Å². The average Bonchev–Trinajstić information content (AvgIpc) is 3.50. The summed E-state index contributed by atoms with van der Waals surface area (Å²) in [5.74, 6) is 1.45. The molecule has 7 nitrogen and oxygen atoms in total. The summed E-state index contributed by atoms with van der Waals surface area (Å²) in [5, 5.41) is 11.4. The van der Waals surface area contributed by atoms with E-state index in [0.717, 1.165) is 57.0 Å². The first-order valence-electron chi connectivity index (χ1n) is 12.2. The van der Waals surface area contributed by atoms with Crippen molar-refractivity contribution >= 4 is 11.9 Å². The van der Waals surface area contributed by atoms with Gasteiger partial charge in [0.25, 0.3) is 0 Å². The maximum Gasteiger partial charge on any atom is 0.225 e. The second kappa shape index (κ2) is 11.2. The van der Waals surface area contributed by atoms with Crippen LogP contribution in [0, 0.1) is 5.92 Å². The maximum atomic E-state index is 12.8. The summed E-state index contributed by atoms with van der Waals surface area (Å²) in [6.07, 6.45) is 11.6. The van der Waals surface area contributed by atoms with Crippen molar-refractivity contribution in [2.75, 3.05) is 26.2 Å². The van der Waals surface area contributed by atoms with Gasteiger partial charge in [0.1, 0.15) is 0 Å². The Kier molecular flexibility index (Phi) is 7.80. The molecule has 2 aliphatic rings. The van der Waals surface area contributed by atoms with Gasteiger partial charge in [0.05, 0.1) is 11.9 Å². The van der Waals surface area contributed by atoms with E-state index in [2.05, 4.69) is 33.8 Å². The van der Waals surface area contributed by atoms with E-state index in [0.29, 0.717) is 12.5 Å². The summed E-state index contributed by atoms with van der Waals surface area (Å²) < 4.78 is 1.90. The number of hydrogen-bond acceptors (Lipinski definition) is 3. The van der Waals surface area contributed by atoms with Gasteiger partial charge in [0.2, 0.25) is 5.91 Å². The zero-order valence-corrected chi connectivity index (χ0v) is 19.2. The van der Waals surface area contributed by atoms with Gasteiger partial charge in [-0.05, 0) is 50.3 Å². The lowest BCUT2D eigenvalue weighted by Gasteiger charge is -2.26. The molecule has 172 valence electrons. The molecule has 2 N–H and O–H groups in total. The summed E-state index contributed by atoms with van der Waals surface area (Å²) in [5.41, 5.74) is 2.23. The smallest absolute Gasteiger partial charge is 0.225 e. The number of likely N-dealkylation sites (tertiary alicyclic amines) is 1. The van der Waals surface area contributed by atoms with Gasteiger partial charge in [-0.15, -0.1) is 0 Å². The van der Waals surface area contributed by atoms with Crippen molar-refractivity contribution in [3.63, 3.8) is 0 Å². The molecule has 4 rings (SSSR count). The highest BCUT2D eigenvalue weighted by atomic mass is 16.2. The normalized spacial score (nSPS) is 19.8. The third kappa shape index (κ3) is 5.90. The van der Waals surface area contributed by atoms with Crippen LogP contribution < -0.4 is 10.6 Å². The van der Waals surface area contributed by atoms with Crippen molar-refractivity contribution in [3.05, 3.63) is 48.3 Å². The van der Waals surface area contributed by atoms with E-state index in [1.165, 1.54) is 24.8 Å². The largest absolute Gasteiger partial charge is 0.357 e. The first kappa shape index (κ1) is 22.4. The van der Waals surface area contributed by atoms with Crippen LogP contribution in [0.5, 0.6) is 0 Å². The Morgan fingerprint density at radius 2 is 1.97 bits per heavy atom. The van der Waals surface area contributed by atoms with Crippen LogP contribution in [-0.4, -0.2) is 58.8 Å². The van der Waals surface area contributed by atoms with Crippen LogP contribution in [0.15, 0.2) is 47.7 Å². The van der Waals surface area contributed by atoms with E-state index in [-0.39, 0.29) is 12.0 Å². The molecule has 2 heterocycles. The molecule has 0 bridgehead atoms. The maximum absolute atomic E-state index is 12.8. The minimum Gasteiger partial charge on any atom is -0.357 e. The van der Waals surface area contributed by atoms with E-state index >= 15 is 0 Å². The van der Waals surface area contributed by atoms with Crippen molar-refractivity contribution in [1.82, 2.24) is 25.3 Å². The number of benzene rings is 1. The van der Waals surface area contributed by atoms with Gasteiger partial charge in [0, 0.05) is 44.3 Å². The minimum absolute atomic E-state index is 0.251. The van der Waals surface area contributed by atoms with Crippen LogP contribution in [0.25, 0.3) is 5.69 Å². The van der Waals surface area contributed by atoms with E-state index in [1.54, 1.807) is 0 Å². The Balaban J connectivity index is 1.27. The van der Waals surface area contributed by atoms with Crippen molar-refractivity contribution in [3.8, 4) is 5.69 Å². The van der Waals surface area contributed by atoms with Crippen LogP contribution in [0.2, 0.25) is 0 Å².